The van der Waals surface area contributed by atoms with Crippen LogP contribution in [0, 0.1) is 5.92 Å². The fourth-order valence-electron chi connectivity index (χ4n) is 3.37. The molecule has 0 aromatic heterocycles. The van der Waals surface area contributed by atoms with Gasteiger partial charge in [0, 0.05) is 26.2 Å². The lowest BCUT2D eigenvalue weighted by Gasteiger charge is -2.38. The summed E-state index contributed by atoms with van der Waals surface area (Å²) in [6, 6.07) is 6.39. The number of hydrogen-bond acceptors (Lipinski definition) is 5. The van der Waals surface area contributed by atoms with Crippen molar-refractivity contribution in [1.82, 2.24) is 4.90 Å². The summed E-state index contributed by atoms with van der Waals surface area (Å²) in [4.78, 5) is 2.48. The van der Waals surface area contributed by atoms with Gasteiger partial charge < -0.3 is 19.9 Å². The maximum Gasteiger partial charge on any atom is 0.231 e. The Hall–Kier alpha value is -1.30. The minimum Gasteiger partial charge on any atom is -0.454 e. The summed E-state index contributed by atoms with van der Waals surface area (Å²) in [5.41, 5.74) is 7.26. The molecule has 0 spiro atoms. The number of nitrogens with two attached hydrogens (primary N) is 1. The van der Waals surface area contributed by atoms with Gasteiger partial charge in [-0.3, -0.25) is 4.90 Å². The largest absolute Gasteiger partial charge is 0.454 e. The van der Waals surface area contributed by atoms with Crippen LogP contribution in [-0.2, 0) is 4.74 Å². The summed E-state index contributed by atoms with van der Waals surface area (Å²) in [5.74, 6) is 2.26. The van der Waals surface area contributed by atoms with Crippen LogP contribution >= 0.6 is 0 Å². The van der Waals surface area contributed by atoms with Gasteiger partial charge in [0.2, 0.25) is 6.79 Å². The number of hydrogen-bond donors (Lipinski definition) is 1. The maximum absolute atomic E-state index is 6.06. The quantitative estimate of drug-likeness (QED) is 0.896. The van der Waals surface area contributed by atoms with Crippen LogP contribution in [-0.4, -0.2) is 45.0 Å². The summed E-state index contributed by atoms with van der Waals surface area (Å²) >= 11 is 0. The molecule has 1 saturated heterocycles. The first-order valence-corrected chi connectivity index (χ1v) is 7.64. The van der Waals surface area contributed by atoms with E-state index in [4.69, 9.17) is 19.9 Å². The Balaban J connectivity index is 1.75. The Bertz CT molecular complexity index is 479. The number of likely N-dealkylation sites (tertiary alicyclic amines) is 1. The molecule has 2 aliphatic rings. The molecule has 21 heavy (non-hydrogen) atoms. The van der Waals surface area contributed by atoms with Crippen LogP contribution in [0.3, 0.4) is 0 Å². The van der Waals surface area contributed by atoms with Crippen molar-refractivity contribution in [3.8, 4) is 11.5 Å². The molecule has 2 unspecified atom stereocenters. The van der Waals surface area contributed by atoms with E-state index in [0.717, 1.165) is 31.2 Å². The van der Waals surface area contributed by atoms with E-state index >= 15 is 0 Å². The Morgan fingerprint density at radius 1 is 1.38 bits per heavy atom. The first-order valence-electron chi connectivity index (χ1n) is 7.64. The predicted octanol–water partition coefficient (Wildman–Crippen LogP) is 1.77. The molecule has 3 rings (SSSR count). The zero-order valence-corrected chi connectivity index (χ0v) is 12.6. The molecule has 5 heteroatoms. The highest BCUT2D eigenvalue weighted by Crippen LogP contribution is 2.36. The number of piperidine rings is 1. The summed E-state index contributed by atoms with van der Waals surface area (Å²) in [5, 5.41) is 0. The molecule has 2 heterocycles. The average Bonchev–Trinajstić information content (AvgIpc) is 2.96. The number of methoxy groups -OCH3 is 1. The smallest absolute Gasteiger partial charge is 0.231 e. The molecular weight excluding hydrogens is 268 g/mol. The van der Waals surface area contributed by atoms with Gasteiger partial charge in [-0.15, -0.1) is 0 Å². The first kappa shape index (κ1) is 14.6. The van der Waals surface area contributed by atoms with E-state index in [0.29, 0.717) is 19.3 Å². The van der Waals surface area contributed by atoms with E-state index in [1.54, 1.807) is 7.11 Å². The highest BCUT2D eigenvalue weighted by atomic mass is 16.7. The topological polar surface area (TPSA) is 57.0 Å². The van der Waals surface area contributed by atoms with E-state index < -0.39 is 0 Å². The third-order valence-corrected chi connectivity index (χ3v) is 4.40. The molecule has 116 valence electrons. The second-order valence-corrected chi connectivity index (χ2v) is 5.82. The summed E-state index contributed by atoms with van der Waals surface area (Å²) < 4.78 is 16.2. The van der Waals surface area contributed by atoms with Gasteiger partial charge in [-0.1, -0.05) is 6.07 Å². The first-order chi connectivity index (χ1) is 10.3. The number of fused-ring (bicyclic) bond motifs is 1. The normalized spacial score (nSPS) is 23.2. The Morgan fingerprint density at radius 2 is 2.24 bits per heavy atom. The molecule has 0 bridgehead atoms. The lowest BCUT2D eigenvalue weighted by molar-refractivity contribution is 0.0696. The van der Waals surface area contributed by atoms with E-state index in [-0.39, 0.29) is 6.04 Å². The van der Waals surface area contributed by atoms with E-state index in [9.17, 15) is 0 Å². The van der Waals surface area contributed by atoms with Gasteiger partial charge in [0.15, 0.2) is 11.5 Å². The molecule has 1 aromatic carbocycles. The van der Waals surface area contributed by atoms with E-state index in [2.05, 4.69) is 17.0 Å². The van der Waals surface area contributed by atoms with Crippen molar-refractivity contribution in [2.45, 2.75) is 18.9 Å². The van der Waals surface area contributed by atoms with Crippen molar-refractivity contribution in [3.63, 3.8) is 0 Å². The molecule has 1 fully saturated rings. The van der Waals surface area contributed by atoms with Gasteiger partial charge in [0.05, 0.1) is 6.61 Å². The van der Waals surface area contributed by atoms with Crippen molar-refractivity contribution in [1.29, 1.82) is 0 Å². The summed E-state index contributed by atoms with van der Waals surface area (Å²) in [6.45, 7) is 3.89. The lowest BCUT2D eigenvalue weighted by Crippen LogP contribution is -2.42. The van der Waals surface area contributed by atoms with Crippen molar-refractivity contribution in [2.75, 3.05) is 40.1 Å². The molecule has 2 atom stereocenters. The molecule has 2 N–H and O–H groups in total. The molecule has 0 radical (unpaired) electrons. The zero-order chi connectivity index (χ0) is 14.7. The Morgan fingerprint density at radius 3 is 3.05 bits per heavy atom. The van der Waals surface area contributed by atoms with Gasteiger partial charge in [-0.2, -0.15) is 0 Å². The Labute approximate surface area is 126 Å². The van der Waals surface area contributed by atoms with Crippen molar-refractivity contribution < 1.29 is 14.2 Å². The number of rotatable bonds is 5. The zero-order valence-electron chi connectivity index (χ0n) is 12.6. The van der Waals surface area contributed by atoms with Gasteiger partial charge in [0.25, 0.3) is 0 Å². The highest BCUT2D eigenvalue weighted by molar-refractivity contribution is 5.45. The monoisotopic (exact) mass is 292 g/mol. The minimum atomic E-state index is 0.235. The third-order valence-electron chi connectivity index (χ3n) is 4.40. The maximum atomic E-state index is 6.06. The van der Waals surface area contributed by atoms with Crippen molar-refractivity contribution >= 4 is 0 Å². The van der Waals surface area contributed by atoms with Crippen LogP contribution in [0.1, 0.15) is 24.4 Å². The van der Waals surface area contributed by atoms with E-state index in [1.807, 2.05) is 6.07 Å². The molecule has 0 saturated carbocycles. The SMILES string of the molecule is COCC1CCCN(C(CN)c2ccc3c(c2)OCO3)C1. The molecule has 0 aliphatic carbocycles. The molecule has 0 amide bonds. The van der Waals surface area contributed by atoms with Gasteiger partial charge in [0.1, 0.15) is 0 Å². The minimum absolute atomic E-state index is 0.235. The highest BCUT2D eigenvalue weighted by Gasteiger charge is 2.27. The van der Waals surface area contributed by atoms with Gasteiger partial charge >= 0.3 is 0 Å². The van der Waals surface area contributed by atoms with Crippen LogP contribution in [0.2, 0.25) is 0 Å². The van der Waals surface area contributed by atoms with Crippen molar-refractivity contribution in [2.24, 2.45) is 11.7 Å². The van der Waals surface area contributed by atoms with E-state index in [1.165, 1.54) is 18.4 Å². The van der Waals surface area contributed by atoms with Crippen LogP contribution in [0.5, 0.6) is 11.5 Å². The fraction of sp³-hybridized carbons (Fsp3) is 0.625. The molecule has 1 aromatic rings. The number of nitrogens with zero attached hydrogens (tertiary/aromatic N) is 1. The van der Waals surface area contributed by atoms with Crippen LogP contribution in [0.25, 0.3) is 0 Å². The molecule has 2 aliphatic heterocycles. The second kappa shape index (κ2) is 6.64. The standard InChI is InChI=1S/C16H24N2O3/c1-19-10-12-3-2-6-18(9-12)14(8-17)13-4-5-15-16(7-13)21-11-20-15/h4-5,7,12,14H,2-3,6,8-11,17H2,1H3. The third kappa shape index (κ3) is 3.15. The molecule has 5 nitrogen and oxygen atoms in total. The van der Waals surface area contributed by atoms with Crippen LogP contribution in [0.15, 0.2) is 18.2 Å². The summed E-state index contributed by atoms with van der Waals surface area (Å²) in [6.07, 6.45) is 2.44. The fourth-order valence-corrected chi connectivity index (χ4v) is 3.37. The summed E-state index contributed by atoms with van der Waals surface area (Å²) in [7, 11) is 1.77. The average molecular weight is 292 g/mol. The lowest BCUT2D eigenvalue weighted by atomic mass is 9.95. The predicted molar refractivity (Wildman–Crippen MR) is 80.5 cm³/mol. The second-order valence-electron chi connectivity index (χ2n) is 5.82. The van der Waals surface area contributed by atoms with Crippen LogP contribution < -0.4 is 15.2 Å². The van der Waals surface area contributed by atoms with Crippen LogP contribution in [0.4, 0.5) is 0 Å². The number of benzene rings is 1. The Kier molecular flexibility index (Phi) is 4.63. The van der Waals surface area contributed by atoms with Gasteiger partial charge in [-0.25, -0.2) is 0 Å². The molecular formula is C16H24N2O3. The van der Waals surface area contributed by atoms with Gasteiger partial charge in [-0.05, 0) is 43.0 Å². The number of ether oxygens (including phenoxy) is 3. The van der Waals surface area contributed by atoms with Crippen molar-refractivity contribution in [3.05, 3.63) is 23.8 Å².